The minimum Gasteiger partial charge on any atom is -0.463 e. The van der Waals surface area contributed by atoms with E-state index in [9.17, 15) is 14.4 Å². The number of carbonyl (C=O) groups is 1. The van der Waals surface area contributed by atoms with Crippen molar-refractivity contribution < 1.29 is 9.21 Å². The molecule has 1 amide bonds. The Morgan fingerprint density at radius 3 is 2.79 bits per heavy atom. The first-order valence-electron chi connectivity index (χ1n) is 9.51. The standard InChI is InChI=1S/C20H21N5O4/c1-13(25-18(26)7-6-15(23-25)17-3-2-10-29-17)20(28)21-8-9-24-12-22-16(11-19(24)27)14-4-5-14/h2-3,6-7,10-14H,4-5,8-9H2,1H3,(H,21,28). The van der Waals surface area contributed by atoms with Crippen molar-refractivity contribution in [1.29, 1.82) is 0 Å². The van der Waals surface area contributed by atoms with Gasteiger partial charge in [0.15, 0.2) is 5.76 Å². The molecule has 150 valence electrons. The second-order valence-corrected chi connectivity index (χ2v) is 7.07. The fourth-order valence-electron chi connectivity index (χ4n) is 3.03. The lowest BCUT2D eigenvalue weighted by atomic mass is 10.3. The van der Waals surface area contributed by atoms with Gasteiger partial charge in [-0.05, 0) is 38.0 Å². The van der Waals surface area contributed by atoms with E-state index in [1.807, 2.05) is 0 Å². The lowest BCUT2D eigenvalue weighted by Crippen LogP contribution is -2.38. The van der Waals surface area contributed by atoms with Gasteiger partial charge in [0.25, 0.3) is 11.1 Å². The molecule has 3 aromatic rings. The van der Waals surface area contributed by atoms with Gasteiger partial charge in [0.05, 0.1) is 18.3 Å². The highest BCUT2D eigenvalue weighted by Gasteiger charge is 2.25. The average Bonchev–Trinajstić information content (AvgIpc) is 3.43. The summed E-state index contributed by atoms with van der Waals surface area (Å²) >= 11 is 0. The first kappa shape index (κ1) is 18.9. The van der Waals surface area contributed by atoms with Crippen LogP contribution in [0.5, 0.6) is 0 Å². The van der Waals surface area contributed by atoms with Crippen LogP contribution in [-0.4, -0.2) is 31.8 Å². The number of rotatable bonds is 7. The molecule has 3 heterocycles. The molecule has 1 N–H and O–H groups in total. The molecule has 0 spiro atoms. The maximum Gasteiger partial charge on any atom is 0.267 e. The SMILES string of the molecule is CC(C(=O)NCCn1cnc(C2CC2)cc1=O)n1nc(-c2ccco2)ccc1=O. The molecule has 29 heavy (non-hydrogen) atoms. The molecule has 1 atom stereocenters. The van der Waals surface area contributed by atoms with E-state index in [4.69, 9.17) is 4.42 Å². The number of nitrogens with zero attached hydrogens (tertiary/aromatic N) is 4. The highest BCUT2D eigenvalue weighted by molar-refractivity contribution is 5.79. The van der Waals surface area contributed by atoms with Crippen LogP contribution in [0.2, 0.25) is 0 Å². The number of hydrogen-bond donors (Lipinski definition) is 1. The topological polar surface area (TPSA) is 112 Å². The van der Waals surface area contributed by atoms with Crippen LogP contribution >= 0.6 is 0 Å². The largest absolute Gasteiger partial charge is 0.463 e. The van der Waals surface area contributed by atoms with Crippen LogP contribution in [0.15, 0.2) is 56.9 Å². The van der Waals surface area contributed by atoms with E-state index in [1.54, 1.807) is 31.2 Å². The quantitative estimate of drug-likeness (QED) is 0.646. The van der Waals surface area contributed by atoms with Crippen molar-refractivity contribution >= 4 is 5.91 Å². The minimum absolute atomic E-state index is 0.131. The van der Waals surface area contributed by atoms with E-state index in [0.717, 1.165) is 23.2 Å². The van der Waals surface area contributed by atoms with Crippen molar-refractivity contribution in [3.63, 3.8) is 0 Å². The normalized spacial score (nSPS) is 14.5. The lowest BCUT2D eigenvalue weighted by Gasteiger charge is -2.15. The lowest BCUT2D eigenvalue weighted by molar-refractivity contribution is -0.124. The summed E-state index contributed by atoms with van der Waals surface area (Å²) in [5.74, 6) is 0.556. The predicted molar refractivity (Wildman–Crippen MR) is 104 cm³/mol. The van der Waals surface area contributed by atoms with Gasteiger partial charge in [-0.3, -0.25) is 19.0 Å². The van der Waals surface area contributed by atoms with Gasteiger partial charge in [-0.25, -0.2) is 9.67 Å². The van der Waals surface area contributed by atoms with E-state index in [1.165, 1.54) is 23.2 Å². The Bertz CT molecular complexity index is 1130. The van der Waals surface area contributed by atoms with Crippen molar-refractivity contribution in [1.82, 2.24) is 24.6 Å². The average molecular weight is 395 g/mol. The van der Waals surface area contributed by atoms with Gasteiger partial charge in [0.1, 0.15) is 11.7 Å². The first-order valence-corrected chi connectivity index (χ1v) is 9.51. The summed E-state index contributed by atoms with van der Waals surface area (Å²) in [6.07, 6.45) is 5.19. The van der Waals surface area contributed by atoms with E-state index in [-0.39, 0.29) is 23.6 Å². The van der Waals surface area contributed by atoms with E-state index < -0.39 is 6.04 Å². The summed E-state index contributed by atoms with van der Waals surface area (Å²) in [5.41, 5.74) is 0.778. The molecular weight excluding hydrogens is 374 g/mol. The molecule has 0 radical (unpaired) electrons. The van der Waals surface area contributed by atoms with Crippen molar-refractivity contribution in [2.75, 3.05) is 6.54 Å². The number of carbonyl (C=O) groups excluding carboxylic acids is 1. The van der Waals surface area contributed by atoms with Crippen molar-refractivity contribution in [2.45, 2.75) is 38.3 Å². The molecule has 1 unspecified atom stereocenters. The molecule has 1 saturated carbocycles. The number of nitrogens with one attached hydrogen (secondary N) is 1. The summed E-state index contributed by atoms with van der Waals surface area (Å²) in [6.45, 7) is 2.12. The molecule has 9 heteroatoms. The minimum atomic E-state index is -0.815. The van der Waals surface area contributed by atoms with E-state index >= 15 is 0 Å². The third kappa shape index (κ3) is 4.18. The molecule has 0 aromatic carbocycles. The molecule has 0 saturated heterocycles. The molecular formula is C20H21N5O4. The third-order valence-electron chi connectivity index (χ3n) is 4.89. The van der Waals surface area contributed by atoms with Gasteiger partial charge in [0.2, 0.25) is 5.91 Å². The summed E-state index contributed by atoms with van der Waals surface area (Å²) in [5, 5.41) is 6.97. The number of furan rings is 1. The van der Waals surface area contributed by atoms with Gasteiger partial charge < -0.3 is 9.73 Å². The highest BCUT2D eigenvalue weighted by Crippen LogP contribution is 2.38. The Hall–Kier alpha value is -3.49. The van der Waals surface area contributed by atoms with Crippen LogP contribution in [0.25, 0.3) is 11.5 Å². The summed E-state index contributed by atoms with van der Waals surface area (Å²) < 4.78 is 7.86. The summed E-state index contributed by atoms with van der Waals surface area (Å²) in [6, 6.07) is 7.09. The third-order valence-corrected chi connectivity index (χ3v) is 4.89. The van der Waals surface area contributed by atoms with Crippen LogP contribution in [0.3, 0.4) is 0 Å². The highest BCUT2D eigenvalue weighted by atomic mass is 16.3. The Kier molecular flexibility index (Phi) is 5.11. The number of aromatic nitrogens is 4. The second kappa shape index (κ2) is 7.86. The number of amides is 1. The Morgan fingerprint density at radius 1 is 1.28 bits per heavy atom. The van der Waals surface area contributed by atoms with Crippen LogP contribution in [0.4, 0.5) is 0 Å². The van der Waals surface area contributed by atoms with Gasteiger partial charge >= 0.3 is 0 Å². The van der Waals surface area contributed by atoms with Crippen LogP contribution in [0, 0.1) is 0 Å². The van der Waals surface area contributed by atoms with Crippen molar-refractivity contribution in [3.8, 4) is 11.5 Å². The van der Waals surface area contributed by atoms with Gasteiger partial charge in [0, 0.05) is 31.1 Å². The summed E-state index contributed by atoms with van der Waals surface area (Å²) in [7, 11) is 0. The van der Waals surface area contributed by atoms with E-state index in [0.29, 0.717) is 23.9 Å². The maximum atomic E-state index is 12.5. The zero-order chi connectivity index (χ0) is 20.4. The molecule has 1 aliphatic carbocycles. The fourth-order valence-corrected chi connectivity index (χ4v) is 3.03. The molecule has 4 rings (SSSR count). The maximum absolute atomic E-state index is 12.5. The Morgan fingerprint density at radius 2 is 2.10 bits per heavy atom. The second-order valence-electron chi connectivity index (χ2n) is 7.07. The van der Waals surface area contributed by atoms with Crippen LogP contribution in [-0.2, 0) is 11.3 Å². The molecule has 0 bridgehead atoms. The molecule has 0 aliphatic heterocycles. The predicted octanol–water partition coefficient (Wildman–Crippen LogP) is 1.31. The fraction of sp³-hybridized carbons (Fsp3) is 0.350. The zero-order valence-corrected chi connectivity index (χ0v) is 15.9. The van der Waals surface area contributed by atoms with E-state index in [2.05, 4.69) is 15.4 Å². The van der Waals surface area contributed by atoms with Gasteiger partial charge in [-0.15, -0.1) is 0 Å². The summed E-state index contributed by atoms with van der Waals surface area (Å²) in [4.78, 5) is 41.1. The molecule has 1 aliphatic rings. The Balaban J connectivity index is 1.39. The molecule has 1 fully saturated rings. The molecule has 9 nitrogen and oxygen atoms in total. The van der Waals surface area contributed by atoms with Crippen molar-refractivity contribution in [3.05, 3.63) is 69.3 Å². The van der Waals surface area contributed by atoms with Crippen LogP contribution in [0.1, 0.15) is 37.4 Å². The van der Waals surface area contributed by atoms with Crippen molar-refractivity contribution in [2.24, 2.45) is 0 Å². The van der Waals surface area contributed by atoms with Gasteiger partial charge in [-0.1, -0.05) is 0 Å². The molecule has 3 aromatic heterocycles. The smallest absolute Gasteiger partial charge is 0.267 e. The van der Waals surface area contributed by atoms with Gasteiger partial charge in [-0.2, -0.15) is 5.10 Å². The monoisotopic (exact) mass is 395 g/mol. The first-order chi connectivity index (χ1) is 14.0. The zero-order valence-electron chi connectivity index (χ0n) is 15.9. The van der Waals surface area contributed by atoms with Crippen LogP contribution < -0.4 is 16.4 Å². The Labute approximate surface area is 166 Å². The number of hydrogen-bond acceptors (Lipinski definition) is 6.